The highest BCUT2D eigenvalue weighted by Gasteiger charge is 2.50. The molecule has 1 amide bonds. The van der Waals surface area contributed by atoms with Crippen molar-refractivity contribution >= 4 is 34.9 Å². The van der Waals surface area contributed by atoms with Crippen LogP contribution >= 0.6 is 23.2 Å². The standard InChI is InChI=1S/C10H12Cl2N2O2/c1-6(15)14-10(5-13,9(11)12)7-3-2-4-8(7)16/h7,9H,2-4H2,1H3,(H,14,15). The van der Waals surface area contributed by atoms with Crippen molar-refractivity contribution in [3.63, 3.8) is 0 Å². The first kappa shape index (κ1) is 13.3. The molecule has 1 aliphatic rings. The number of rotatable bonds is 3. The minimum Gasteiger partial charge on any atom is -0.335 e. The lowest BCUT2D eigenvalue weighted by Crippen LogP contribution is -2.58. The molecule has 1 fully saturated rings. The number of hydrogen-bond acceptors (Lipinski definition) is 3. The van der Waals surface area contributed by atoms with Crippen molar-refractivity contribution in [1.82, 2.24) is 5.32 Å². The summed E-state index contributed by atoms with van der Waals surface area (Å²) in [5, 5.41) is 11.6. The second kappa shape index (κ2) is 5.03. The van der Waals surface area contributed by atoms with Gasteiger partial charge in [0.25, 0.3) is 0 Å². The molecule has 4 nitrogen and oxygen atoms in total. The van der Waals surface area contributed by atoms with Crippen molar-refractivity contribution in [2.45, 2.75) is 36.6 Å². The Labute approximate surface area is 104 Å². The fraction of sp³-hybridized carbons (Fsp3) is 0.700. The van der Waals surface area contributed by atoms with E-state index in [-0.39, 0.29) is 5.78 Å². The number of amides is 1. The summed E-state index contributed by atoms with van der Waals surface area (Å²) < 4.78 is 0. The molecule has 6 heteroatoms. The van der Waals surface area contributed by atoms with Crippen molar-refractivity contribution in [1.29, 1.82) is 5.26 Å². The minimum atomic E-state index is -1.50. The summed E-state index contributed by atoms with van der Waals surface area (Å²) in [6.45, 7) is 1.27. The topological polar surface area (TPSA) is 70.0 Å². The summed E-state index contributed by atoms with van der Waals surface area (Å²) in [7, 11) is 0. The van der Waals surface area contributed by atoms with Crippen LogP contribution in [0.15, 0.2) is 0 Å². The van der Waals surface area contributed by atoms with Gasteiger partial charge in [0.15, 0.2) is 5.54 Å². The average molecular weight is 263 g/mol. The highest BCUT2D eigenvalue weighted by Crippen LogP contribution is 2.36. The normalized spacial score (nSPS) is 23.9. The number of ketones is 1. The Kier molecular flexibility index (Phi) is 4.17. The summed E-state index contributed by atoms with van der Waals surface area (Å²) in [6.07, 6.45) is 1.64. The molecule has 88 valence electrons. The molecule has 0 aromatic heterocycles. The van der Waals surface area contributed by atoms with Crippen LogP contribution in [-0.2, 0) is 9.59 Å². The van der Waals surface area contributed by atoms with E-state index in [1.54, 1.807) is 0 Å². The van der Waals surface area contributed by atoms with Gasteiger partial charge >= 0.3 is 0 Å². The Balaban J connectivity index is 3.07. The molecule has 0 aliphatic heterocycles. The summed E-state index contributed by atoms with van der Waals surface area (Å²) in [6, 6.07) is 1.90. The first-order valence-electron chi connectivity index (χ1n) is 4.95. The first-order valence-corrected chi connectivity index (χ1v) is 5.82. The van der Waals surface area contributed by atoms with Gasteiger partial charge in [0.05, 0.1) is 12.0 Å². The lowest BCUT2D eigenvalue weighted by molar-refractivity contribution is -0.124. The van der Waals surface area contributed by atoms with Gasteiger partial charge in [-0.2, -0.15) is 5.26 Å². The zero-order valence-electron chi connectivity index (χ0n) is 8.80. The lowest BCUT2D eigenvalue weighted by Gasteiger charge is -2.33. The number of nitrogens with zero attached hydrogens (tertiary/aromatic N) is 1. The van der Waals surface area contributed by atoms with Crippen molar-refractivity contribution in [3.05, 3.63) is 0 Å². The Bertz CT molecular complexity index is 351. The maximum absolute atomic E-state index is 11.6. The maximum Gasteiger partial charge on any atom is 0.218 e. The largest absolute Gasteiger partial charge is 0.335 e. The first-order chi connectivity index (χ1) is 7.44. The second-order valence-corrected chi connectivity index (χ2v) is 4.97. The van der Waals surface area contributed by atoms with Gasteiger partial charge in [0, 0.05) is 13.3 Å². The summed E-state index contributed by atoms with van der Waals surface area (Å²) >= 11 is 11.5. The van der Waals surface area contributed by atoms with Crippen LogP contribution < -0.4 is 5.32 Å². The zero-order valence-corrected chi connectivity index (χ0v) is 10.3. The summed E-state index contributed by atoms with van der Waals surface area (Å²) in [4.78, 5) is 21.6. The van der Waals surface area contributed by atoms with E-state index >= 15 is 0 Å². The van der Waals surface area contributed by atoms with Crippen molar-refractivity contribution in [2.24, 2.45) is 5.92 Å². The lowest BCUT2D eigenvalue weighted by atomic mass is 9.84. The van der Waals surface area contributed by atoms with E-state index in [0.29, 0.717) is 19.3 Å². The molecule has 0 aromatic rings. The summed E-state index contributed by atoms with van der Waals surface area (Å²) in [5.41, 5.74) is -1.50. The highest BCUT2D eigenvalue weighted by molar-refractivity contribution is 6.45. The maximum atomic E-state index is 11.6. The Hall–Kier alpha value is -0.790. The van der Waals surface area contributed by atoms with Crippen LogP contribution in [0.1, 0.15) is 26.2 Å². The van der Waals surface area contributed by atoms with E-state index < -0.39 is 22.2 Å². The SMILES string of the molecule is CC(=O)NC(C#N)(C(Cl)Cl)C1CCCC1=O. The molecule has 1 N–H and O–H groups in total. The quantitative estimate of drug-likeness (QED) is 0.785. The number of hydrogen-bond donors (Lipinski definition) is 1. The number of nitriles is 1. The molecule has 0 spiro atoms. The number of Topliss-reactive ketones (excluding diaryl/α,β-unsaturated/α-hetero) is 1. The summed E-state index contributed by atoms with van der Waals surface area (Å²) in [5.74, 6) is -1.10. The molecular weight excluding hydrogens is 251 g/mol. The van der Waals surface area contributed by atoms with Crippen LogP contribution in [-0.4, -0.2) is 22.1 Å². The Morgan fingerprint density at radius 2 is 2.31 bits per heavy atom. The monoisotopic (exact) mass is 262 g/mol. The van der Waals surface area contributed by atoms with Crippen LogP contribution in [0.5, 0.6) is 0 Å². The van der Waals surface area contributed by atoms with Crippen LogP contribution in [0.2, 0.25) is 0 Å². The second-order valence-electron chi connectivity index (χ2n) is 3.87. The van der Waals surface area contributed by atoms with Crippen LogP contribution in [0.3, 0.4) is 0 Å². The Morgan fingerprint density at radius 3 is 2.62 bits per heavy atom. The van der Waals surface area contributed by atoms with Crippen LogP contribution in [0, 0.1) is 17.2 Å². The van der Waals surface area contributed by atoms with Gasteiger partial charge in [-0.15, -0.1) is 23.2 Å². The number of carbonyl (C=O) groups is 2. The Morgan fingerprint density at radius 1 is 1.69 bits per heavy atom. The molecule has 0 radical (unpaired) electrons. The molecular formula is C10H12Cl2N2O2. The molecule has 2 unspecified atom stereocenters. The van der Waals surface area contributed by atoms with E-state index in [0.717, 1.165) is 0 Å². The molecule has 0 bridgehead atoms. The van der Waals surface area contributed by atoms with E-state index in [2.05, 4.69) is 5.32 Å². The molecule has 16 heavy (non-hydrogen) atoms. The van der Waals surface area contributed by atoms with Crippen LogP contribution in [0.4, 0.5) is 0 Å². The average Bonchev–Trinajstić information content (AvgIpc) is 2.60. The van der Waals surface area contributed by atoms with Crippen LogP contribution in [0.25, 0.3) is 0 Å². The molecule has 2 atom stereocenters. The number of carbonyl (C=O) groups excluding carboxylic acids is 2. The van der Waals surface area contributed by atoms with E-state index in [1.807, 2.05) is 6.07 Å². The highest BCUT2D eigenvalue weighted by atomic mass is 35.5. The minimum absolute atomic E-state index is 0.0680. The third-order valence-corrected chi connectivity index (χ3v) is 3.45. The molecule has 1 rings (SSSR count). The van der Waals surface area contributed by atoms with E-state index in [1.165, 1.54) is 6.92 Å². The zero-order chi connectivity index (χ0) is 12.3. The van der Waals surface area contributed by atoms with Gasteiger partial charge in [-0.05, 0) is 12.8 Å². The van der Waals surface area contributed by atoms with Gasteiger partial charge in [0.1, 0.15) is 10.6 Å². The van der Waals surface area contributed by atoms with Gasteiger partial charge in [0.2, 0.25) is 5.91 Å². The van der Waals surface area contributed by atoms with Crippen molar-refractivity contribution in [2.75, 3.05) is 0 Å². The third-order valence-electron chi connectivity index (χ3n) is 2.77. The fourth-order valence-electron chi connectivity index (χ4n) is 2.04. The molecule has 1 saturated carbocycles. The molecule has 1 aliphatic carbocycles. The predicted octanol–water partition coefficient (Wildman–Crippen LogP) is 1.56. The predicted molar refractivity (Wildman–Crippen MR) is 60.0 cm³/mol. The number of halogens is 2. The number of nitrogens with one attached hydrogen (secondary N) is 1. The fourth-order valence-corrected chi connectivity index (χ4v) is 2.55. The van der Waals surface area contributed by atoms with Gasteiger partial charge in [-0.3, -0.25) is 9.59 Å². The molecule has 0 aromatic carbocycles. The molecule has 0 heterocycles. The van der Waals surface area contributed by atoms with Gasteiger partial charge < -0.3 is 5.32 Å². The van der Waals surface area contributed by atoms with Crippen molar-refractivity contribution in [3.8, 4) is 6.07 Å². The third kappa shape index (κ3) is 2.31. The smallest absolute Gasteiger partial charge is 0.218 e. The molecule has 0 saturated heterocycles. The van der Waals surface area contributed by atoms with Crippen molar-refractivity contribution < 1.29 is 9.59 Å². The van der Waals surface area contributed by atoms with Gasteiger partial charge in [-0.25, -0.2) is 0 Å². The van der Waals surface area contributed by atoms with Gasteiger partial charge in [-0.1, -0.05) is 0 Å². The van der Waals surface area contributed by atoms with E-state index in [4.69, 9.17) is 23.2 Å². The van der Waals surface area contributed by atoms with E-state index in [9.17, 15) is 14.9 Å². The number of alkyl halides is 2.